The minimum atomic E-state index is 0.00757. The molecule has 6 heteroatoms. The molecule has 6 nitrogen and oxygen atoms in total. The number of aromatic nitrogens is 2. The van der Waals surface area contributed by atoms with Crippen LogP contribution in [0.2, 0.25) is 0 Å². The van der Waals surface area contributed by atoms with Gasteiger partial charge in [0.2, 0.25) is 11.7 Å². The van der Waals surface area contributed by atoms with Crippen molar-refractivity contribution in [3.63, 3.8) is 0 Å². The third-order valence-electron chi connectivity index (χ3n) is 5.05. The monoisotopic (exact) mass is 377 g/mol. The highest BCUT2D eigenvalue weighted by molar-refractivity contribution is 5.77. The van der Waals surface area contributed by atoms with E-state index >= 15 is 0 Å². The number of nitrogens with zero attached hydrogens (tertiary/aromatic N) is 3. The molecule has 1 aromatic heterocycles. The van der Waals surface area contributed by atoms with Crippen LogP contribution >= 0.6 is 0 Å². The summed E-state index contributed by atoms with van der Waals surface area (Å²) in [7, 11) is 0. The molecule has 0 atom stereocenters. The second-order valence-corrected chi connectivity index (χ2v) is 7.08. The van der Waals surface area contributed by atoms with Gasteiger partial charge >= 0.3 is 0 Å². The molecule has 1 amide bonds. The number of ether oxygens (including phenoxy) is 1. The summed E-state index contributed by atoms with van der Waals surface area (Å²) in [4.78, 5) is 18.8. The molecule has 1 fully saturated rings. The maximum absolute atomic E-state index is 12.4. The molecule has 0 aliphatic carbocycles. The summed E-state index contributed by atoms with van der Waals surface area (Å²) in [6.07, 6.45) is 1.62. The predicted molar refractivity (Wildman–Crippen MR) is 105 cm³/mol. The molecule has 4 rings (SSSR count). The number of hydrogen-bond donors (Lipinski definition) is 0. The van der Waals surface area contributed by atoms with E-state index in [0.717, 1.165) is 18.4 Å². The first-order valence-corrected chi connectivity index (χ1v) is 9.55. The van der Waals surface area contributed by atoms with Crippen LogP contribution in [-0.2, 0) is 4.79 Å². The molecule has 0 radical (unpaired) electrons. The quantitative estimate of drug-likeness (QED) is 0.676. The van der Waals surface area contributed by atoms with E-state index in [-0.39, 0.29) is 18.4 Å². The molecule has 28 heavy (non-hydrogen) atoms. The lowest BCUT2D eigenvalue weighted by molar-refractivity contribution is -0.134. The Morgan fingerprint density at radius 1 is 1.11 bits per heavy atom. The first kappa shape index (κ1) is 18.2. The first-order valence-electron chi connectivity index (χ1n) is 9.55. The van der Waals surface area contributed by atoms with Gasteiger partial charge in [-0.1, -0.05) is 53.2 Å². The lowest BCUT2D eigenvalue weighted by Gasteiger charge is -2.30. The standard InChI is InChI=1S/C22H23N3O3/c1-16-7-9-17(10-8-16)21-23-22(28-24-21)18-11-13-25(14-12-18)20(26)15-27-19-5-3-2-4-6-19/h2-10,18H,11-15H2,1H3. The van der Waals surface area contributed by atoms with Crippen molar-refractivity contribution in [2.24, 2.45) is 0 Å². The number of hydrogen-bond acceptors (Lipinski definition) is 5. The summed E-state index contributed by atoms with van der Waals surface area (Å²) in [5, 5.41) is 4.12. The van der Waals surface area contributed by atoms with Gasteiger partial charge in [0.1, 0.15) is 5.75 Å². The average molecular weight is 377 g/mol. The maximum atomic E-state index is 12.4. The first-order chi connectivity index (χ1) is 13.7. The van der Waals surface area contributed by atoms with Crippen LogP contribution in [-0.4, -0.2) is 40.6 Å². The Morgan fingerprint density at radius 2 is 1.82 bits per heavy atom. The number of rotatable bonds is 5. The number of likely N-dealkylation sites (tertiary alicyclic amines) is 1. The second-order valence-electron chi connectivity index (χ2n) is 7.08. The van der Waals surface area contributed by atoms with E-state index < -0.39 is 0 Å². The number of piperidine rings is 1. The molecule has 0 bridgehead atoms. The van der Waals surface area contributed by atoms with Crippen LogP contribution in [0.25, 0.3) is 11.4 Å². The topological polar surface area (TPSA) is 68.5 Å². The van der Waals surface area contributed by atoms with E-state index in [4.69, 9.17) is 9.26 Å². The van der Waals surface area contributed by atoms with E-state index in [1.165, 1.54) is 5.56 Å². The maximum Gasteiger partial charge on any atom is 0.260 e. The molecule has 1 aliphatic heterocycles. The summed E-state index contributed by atoms with van der Waals surface area (Å²) in [6.45, 7) is 3.45. The summed E-state index contributed by atoms with van der Waals surface area (Å²) in [5.74, 6) is 2.17. The normalized spacial score (nSPS) is 14.8. The zero-order valence-electron chi connectivity index (χ0n) is 15.9. The van der Waals surface area contributed by atoms with Gasteiger partial charge in [-0.15, -0.1) is 0 Å². The van der Waals surface area contributed by atoms with Crippen molar-refractivity contribution in [3.05, 3.63) is 66.1 Å². The van der Waals surface area contributed by atoms with E-state index in [9.17, 15) is 4.79 Å². The number of amides is 1. The Morgan fingerprint density at radius 3 is 2.54 bits per heavy atom. The third-order valence-corrected chi connectivity index (χ3v) is 5.05. The molecule has 1 saturated heterocycles. The zero-order valence-corrected chi connectivity index (χ0v) is 15.9. The Bertz CT molecular complexity index is 914. The lowest BCUT2D eigenvalue weighted by Crippen LogP contribution is -2.40. The lowest BCUT2D eigenvalue weighted by atomic mass is 9.96. The van der Waals surface area contributed by atoms with Crippen molar-refractivity contribution in [2.45, 2.75) is 25.7 Å². The number of carbonyl (C=O) groups is 1. The van der Waals surface area contributed by atoms with Crippen molar-refractivity contribution in [3.8, 4) is 17.1 Å². The zero-order chi connectivity index (χ0) is 19.3. The molecular formula is C22H23N3O3. The minimum absolute atomic E-state index is 0.00757. The van der Waals surface area contributed by atoms with Crippen LogP contribution in [0.5, 0.6) is 5.75 Å². The summed E-state index contributed by atoms with van der Waals surface area (Å²) in [6, 6.07) is 17.5. The van der Waals surface area contributed by atoms with Gasteiger partial charge in [-0.25, -0.2) is 0 Å². The fraction of sp³-hybridized carbons (Fsp3) is 0.318. The van der Waals surface area contributed by atoms with Crippen molar-refractivity contribution < 1.29 is 14.1 Å². The average Bonchev–Trinajstić information content (AvgIpc) is 3.24. The molecule has 2 heterocycles. The fourth-order valence-corrected chi connectivity index (χ4v) is 3.35. The summed E-state index contributed by atoms with van der Waals surface area (Å²) in [5.41, 5.74) is 2.15. The van der Waals surface area contributed by atoms with Gasteiger partial charge in [-0.3, -0.25) is 4.79 Å². The van der Waals surface area contributed by atoms with Crippen molar-refractivity contribution >= 4 is 5.91 Å². The van der Waals surface area contributed by atoms with Gasteiger partial charge in [0.05, 0.1) is 0 Å². The van der Waals surface area contributed by atoms with E-state index in [1.54, 1.807) is 0 Å². The molecule has 2 aromatic carbocycles. The fourth-order valence-electron chi connectivity index (χ4n) is 3.35. The third kappa shape index (κ3) is 4.22. The number of benzene rings is 2. The SMILES string of the molecule is Cc1ccc(-c2noc(C3CCN(C(=O)COc4ccccc4)CC3)n2)cc1. The van der Waals surface area contributed by atoms with E-state index in [2.05, 4.69) is 10.1 Å². The van der Waals surface area contributed by atoms with Crippen molar-refractivity contribution in [2.75, 3.05) is 19.7 Å². The molecule has 0 saturated carbocycles. The minimum Gasteiger partial charge on any atom is -0.484 e. The summed E-state index contributed by atoms with van der Waals surface area (Å²) < 4.78 is 11.1. The Balaban J connectivity index is 1.30. The highest BCUT2D eigenvalue weighted by atomic mass is 16.5. The van der Waals surface area contributed by atoms with Crippen LogP contribution in [0.4, 0.5) is 0 Å². The number of para-hydroxylation sites is 1. The predicted octanol–water partition coefficient (Wildman–Crippen LogP) is 3.83. The molecule has 144 valence electrons. The van der Waals surface area contributed by atoms with Gasteiger partial charge in [0.25, 0.3) is 5.91 Å². The molecular weight excluding hydrogens is 354 g/mol. The van der Waals surface area contributed by atoms with Gasteiger partial charge < -0.3 is 14.2 Å². The number of aryl methyl sites for hydroxylation is 1. The molecule has 0 unspecified atom stereocenters. The van der Waals surface area contributed by atoms with Crippen molar-refractivity contribution in [1.82, 2.24) is 15.0 Å². The Labute approximate surface area is 164 Å². The van der Waals surface area contributed by atoms with Crippen LogP contribution in [0.1, 0.15) is 30.2 Å². The van der Waals surface area contributed by atoms with Crippen LogP contribution in [0.15, 0.2) is 59.1 Å². The smallest absolute Gasteiger partial charge is 0.260 e. The van der Waals surface area contributed by atoms with E-state index in [1.807, 2.05) is 66.4 Å². The van der Waals surface area contributed by atoms with Crippen LogP contribution < -0.4 is 4.74 Å². The second kappa shape index (κ2) is 8.25. The van der Waals surface area contributed by atoms with Gasteiger partial charge in [-0.05, 0) is 31.9 Å². The Kier molecular flexibility index (Phi) is 5.37. The van der Waals surface area contributed by atoms with Crippen molar-refractivity contribution in [1.29, 1.82) is 0 Å². The Hall–Kier alpha value is -3.15. The van der Waals surface area contributed by atoms with Crippen LogP contribution in [0, 0.1) is 6.92 Å². The highest BCUT2D eigenvalue weighted by Crippen LogP contribution is 2.28. The van der Waals surface area contributed by atoms with E-state index in [0.29, 0.717) is 30.6 Å². The molecule has 0 N–H and O–H groups in total. The number of carbonyl (C=O) groups excluding carboxylic acids is 1. The van der Waals surface area contributed by atoms with Gasteiger partial charge in [-0.2, -0.15) is 4.98 Å². The largest absolute Gasteiger partial charge is 0.484 e. The molecule has 0 spiro atoms. The van der Waals surface area contributed by atoms with Gasteiger partial charge in [0, 0.05) is 24.6 Å². The van der Waals surface area contributed by atoms with Crippen LogP contribution in [0.3, 0.4) is 0 Å². The van der Waals surface area contributed by atoms with Gasteiger partial charge in [0.15, 0.2) is 6.61 Å². The highest BCUT2D eigenvalue weighted by Gasteiger charge is 2.27. The summed E-state index contributed by atoms with van der Waals surface area (Å²) >= 11 is 0. The molecule has 1 aliphatic rings. The molecule has 3 aromatic rings.